The SMILES string of the molecule is COc1ccc(F)cc1.FCF. The summed E-state index contributed by atoms with van der Waals surface area (Å²) in [7, 11) is 1.55. The Labute approximate surface area is 68.8 Å². The van der Waals surface area contributed by atoms with Crippen molar-refractivity contribution in [3.63, 3.8) is 0 Å². The van der Waals surface area contributed by atoms with Gasteiger partial charge in [0.1, 0.15) is 11.6 Å². The maximum Gasteiger partial charge on any atom is 0.229 e. The minimum atomic E-state index is -1.75. The Morgan fingerprint density at radius 2 is 1.58 bits per heavy atom. The molecule has 0 N–H and O–H groups in total. The van der Waals surface area contributed by atoms with Gasteiger partial charge >= 0.3 is 0 Å². The van der Waals surface area contributed by atoms with E-state index < -0.39 is 6.93 Å². The molecular weight excluding hydrogens is 169 g/mol. The van der Waals surface area contributed by atoms with Crippen molar-refractivity contribution in [1.29, 1.82) is 0 Å². The van der Waals surface area contributed by atoms with Crippen molar-refractivity contribution >= 4 is 0 Å². The summed E-state index contributed by atoms with van der Waals surface area (Å²) in [6.45, 7) is -1.75. The maximum absolute atomic E-state index is 12.2. The molecule has 0 saturated carbocycles. The van der Waals surface area contributed by atoms with Crippen LogP contribution >= 0.6 is 0 Å². The quantitative estimate of drug-likeness (QED) is 0.642. The van der Waals surface area contributed by atoms with Gasteiger partial charge < -0.3 is 4.74 Å². The smallest absolute Gasteiger partial charge is 0.229 e. The molecule has 0 aromatic heterocycles. The van der Waals surface area contributed by atoms with E-state index in [1.807, 2.05) is 0 Å². The number of benzene rings is 1. The fourth-order valence-electron chi connectivity index (χ4n) is 0.571. The van der Waals surface area contributed by atoms with Gasteiger partial charge in [-0.2, -0.15) is 0 Å². The summed E-state index contributed by atoms with van der Waals surface area (Å²) in [5.41, 5.74) is 0. The highest BCUT2D eigenvalue weighted by Crippen LogP contribution is 2.08. The molecule has 1 aromatic rings. The number of alkyl halides is 2. The molecule has 0 radical (unpaired) electrons. The first-order valence-corrected chi connectivity index (χ1v) is 3.16. The van der Waals surface area contributed by atoms with Crippen molar-refractivity contribution in [3.05, 3.63) is 30.1 Å². The summed E-state index contributed by atoms with van der Waals surface area (Å²) >= 11 is 0. The average Bonchev–Trinajstić information content (AvgIpc) is 2.07. The van der Waals surface area contributed by atoms with Gasteiger partial charge in [-0.15, -0.1) is 0 Å². The Morgan fingerprint density at radius 3 is 1.92 bits per heavy atom. The van der Waals surface area contributed by atoms with Crippen molar-refractivity contribution in [2.45, 2.75) is 0 Å². The van der Waals surface area contributed by atoms with E-state index >= 15 is 0 Å². The minimum absolute atomic E-state index is 0.240. The number of halogens is 3. The second-order valence-electron chi connectivity index (χ2n) is 1.76. The van der Waals surface area contributed by atoms with E-state index in [-0.39, 0.29) is 5.82 Å². The van der Waals surface area contributed by atoms with E-state index in [0.717, 1.165) is 0 Å². The number of methoxy groups -OCH3 is 1. The van der Waals surface area contributed by atoms with Crippen LogP contribution in [0.25, 0.3) is 0 Å². The molecule has 0 aliphatic carbocycles. The van der Waals surface area contributed by atoms with Crippen molar-refractivity contribution in [3.8, 4) is 5.75 Å². The Kier molecular flexibility index (Phi) is 5.87. The summed E-state index contributed by atoms with van der Waals surface area (Å²) in [6, 6.07) is 5.88. The molecule has 1 aromatic carbocycles. The first-order valence-electron chi connectivity index (χ1n) is 3.16. The van der Waals surface area contributed by atoms with E-state index in [1.165, 1.54) is 12.1 Å². The molecule has 1 nitrogen and oxygen atoms in total. The lowest BCUT2D eigenvalue weighted by Crippen LogP contribution is -1.80. The van der Waals surface area contributed by atoms with Gasteiger partial charge in [-0.3, -0.25) is 0 Å². The third-order valence-corrected chi connectivity index (χ3v) is 1.05. The Hall–Kier alpha value is -1.19. The van der Waals surface area contributed by atoms with Crippen molar-refractivity contribution in [2.24, 2.45) is 0 Å². The van der Waals surface area contributed by atoms with E-state index in [0.29, 0.717) is 5.75 Å². The van der Waals surface area contributed by atoms with Crippen LogP contribution in [-0.2, 0) is 0 Å². The van der Waals surface area contributed by atoms with E-state index in [4.69, 9.17) is 4.74 Å². The third-order valence-electron chi connectivity index (χ3n) is 1.05. The van der Waals surface area contributed by atoms with Gasteiger partial charge in [-0.05, 0) is 24.3 Å². The van der Waals surface area contributed by atoms with Crippen molar-refractivity contribution < 1.29 is 17.9 Å². The fraction of sp³-hybridized carbons (Fsp3) is 0.250. The standard InChI is InChI=1S/C7H7FO.CH2F2/c1-9-7-4-2-6(8)3-5-7;2-1-3/h2-5H,1H3;1H2. The summed E-state index contributed by atoms with van der Waals surface area (Å²) in [5, 5.41) is 0. The zero-order chi connectivity index (χ0) is 9.40. The number of ether oxygens (including phenoxy) is 1. The molecule has 0 fully saturated rings. The Bertz CT molecular complexity index is 198. The van der Waals surface area contributed by atoms with Gasteiger partial charge in [-0.1, -0.05) is 0 Å². The van der Waals surface area contributed by atoms with Crippen molar-refractivity contribution in [2.75, 3.05) is 14.0 Å². The second kappa shape index (κ2) is 6.52. The first-order chi connectivity index (χ1) is 5.74. The molecule has 0 aliphatic heterocycles. The molecule has 0 aliphatic rings. The second-order valence-corrected chi connectivity index (χ2v) is 1.76. The van der Waals surface area contributed by atoms with Crippen LogP contribution in [0.2, 0.25) is 0 Å². The predicted molar refractivity (Wildman–Crippen MR) is 40.0 cm³/mol. The summed E-state index contributed by atoms with van der Waals surface area (Å²) in [5.74, 6) is 0.437. The summed E-state index contributed by atoms with van der Waals surface area (Å²) in [6.07, 6.45) is 0. The molecule has 0 bridgehead atoms. The van der Waals surface area contributed by atoms with Gasteiger partial charge in [0.15, 0.2) is 0 Å². The molecule has 12 heavy (non-hydrogen) atoms. The topological polar surface area (TPSA) is 9.23 Å². The van der Waals surface area contributed by atoms with Gasteiger partial charge in [0.05, 0.1) is 7.11 Å². The van der Waals surface area contributed by atoms with Gasteiger partial charge in [0, 0.05) is 0 Å². The monoisotopic (exact) mass is 178 g/mol. The molecule has 4 heteroatoms. The largest absolute Gasteiger partial charge is 0.497 e. The van der Waals surface area contributed by atoms with E-state index in [9.17, 15) is 13.2 Å². The number of hydrogen-bond donors (Lipinski definition) is 0. The summed E-state index contributed by atoms with van der Waals surface area (Å²) in [4.78, 5) is 0. The van der Waals surface area contributed by atoms with Crippen LogP contribution in [0.15, 0.2) is 24.3 Å². The predicted octanol–water partition coefficient (Wildman–Crippen LogP) is 2.72. The number of hydrogen-bond acceptors (Lipinski definition) is 1. The van der Waals surface area contributed by atoms with E-state index in [1.54, 1.807) is 19.2 Å². The Morgan fingerprint density at radius 1 is 1.17 bits per heavy atom. The van der Waals surface area contributed by atoms with Crippen LogP contribution in [0.3, 0.4) is 0 Å². The molecule has 68 valence electrons. The maximum atomic E-state index is 12.2. The molecule has 0 amide bonds. The highest BCUT2D eigenvalue weighted by molar-refractivity contribution is 5.21. The zero-order valence-corrected chi connectivity index (χ0v) is 6.56. The zero-order valence-electron chi connectivity index (χ0n) is 6.56. The Balaban J connectivity index is 0.000000354. The van der Waals surface area contributed by atoms with Crippen LogP contribution < -0.4 is 4.74 Å². The first kappa shape index (κ1) is 10.8. The fourth-order valence-corrected chi connectivity index (χ4v) is 0.571. The highest BCUT2D eigenvalue weighted by Gasteiger charge is 1.88. The molecular formula is C8H9F3O. The molecule has 0 saturated heterocycles. The molecule has 0 atom stereocenters. The highest BCUT2D eigenvalue weighted by atomic mass is 19.3. The van der Waals surface area contributed by atoms with Crippen LogP contribution in [-0.4, -0.2) is 14.0 Å². The third kappa shape index (κ3) is 4.60. The lowest BCUT2D eigenvalue weighted by Gasteiger charge is -1.95. The normalized spacial score (nSPS) is 8.33. The van der Waals surface area contributed by atoms with E-state index in [2.05, 4.69) is 0 Å². The van der Waals surface area contributed by atoms with Gasteiger partial charge in [-0.25, -0.2) is 13.2 Å². The van der Waals surface area contributed by atoms with Crippen LogP contribution in [0.5, 0.6) is 5.75 Å². The molecule has 1 rings (SSSR count). The average molecular weight is 178 g/mol. The summed E-state index contributed by atoms with van der Waals surface area (Å²) < 4.78 is 36.2. The lowest BCUT2D eigenvalue weighted by atomic mass is 10.3. The molecule has 0 heterocycles. The van der Waals surface area contributed by atoms with Crippen LogP contribution in [0.1, 0.15) is 0 Å². The van der Waals surface area contributed by atoms with Gasteiger partial charge in [0.2, 0.25) is 6.93 Å². The van der Waals surface area contributed by atoms with Crippen LogP contribution in [0.4, 0.5) is 13.2 Å². The molecule has 0 unspecified atom stereocenters. The minimum Gasteiger partial charge on any atom is -0.497 e. The van der Waals surface area contributed by atoms with Gasteiger partial charge in [0.25, 0.3) is 0 Å². The lowest BCUT2D eigenvalue weighted by molar-refractivity contribution is 0.295. The molecule has 0 spiro atoms. The number of rotatable bonds is 1. The van der Waals surface area contributed by atoms with Crippen LogP contribution in [0, 0.1) is 5.82 Å². The van der Waals surface area contributed by atoms with Crippen molar-refractivity contribution in [1.82, 2.24) is 0 Å².